The van der Waals surface area contributed by atoms with Gasteiger partial charge in [0, 0.05) is 22.1 Å². The summed E-state index contributed by atoms with van der Waals surface area (Å²) in [5.74, 6) is 0.569. The van der Waals surface area contributed by atoms with Crippen molar-refractivity contribution in [3.8, 4) is 44.5 Å². The van der Waals surface area contributed by atoms with Gasteiger partial charge in [-0.05, 0) is 128 Å². The smallest absolute Gasteiger partial charge is 0.0540 e. The number of rotatable bonds is 8. The zero-order valence-corrected chi connectivity index (χ0v) is 38.2. The molecular formula is C64H57N. The molecule has 65 heavy (non-hydrogen) atoms. The van der Waals surface area contributed by atoms with Gasteiger partial charge in [0.2, 0.25) is 0 Å². The molecule has 9 aromatic carbocycles. The molecule has 0 radical (unpaired) electrons. The molecule has 9 aromatic rings. The predicted octanol–water partition coefficient (Wildman–Crippen LogP) is 18.0. The maximum absolute atomic E-state index is 2.58. The highest BCUT2D eigenvalue weighted by Gasteiger charge is 2.41. The van der Waals surface area contributed by atoms with Crippen LogP contribution in [0.5, 0.6) is 0 Å². The van der Waals surface area contributed by atoms with Gasteiger partial charge in [-0.3, -0.25) is 0 Å². The molecule has 0 saturated heterocycles. The number of nitrogens with zero attached hydrogens (tertiary/aromatic N) is 1. The van der Waals surface area contributed by atoms with E-state index in [-0.39, 0.29) is 10.8 Å². The molecule has 11 rings (SSSR count). The van der Waals surface area contributed by atoms with Gasteiger partial charge in [-0.1, -0.05) is 216 Å². The van der Waals surface area contributed by atoms with E-state index in [0.29, 0.717) is 5.92 Å². The molecule has 0 amide bonds. The number of hydrogen-bond acceptors (Lipinski definition) is 1. The molecule has 0 heterocycles. The Hall–Kier alpha value is -6.96. The third-order valence-corrected chi connectivity index (χ3v) is 14.7. The Morgan fingerprint density at radius 3 is 1.75 bits per heavy atom. The van der Waals surface area contributed by atoms with E-state index in [2.05, 4.69) is 239 Å². The molecule has 0 aliphatic heterocycles. The van der Waals surface area contributed by atoms with Gasteiger partial charge in [-0.15, -0.1) is 0 Å². The molecule has 1 nitrogen and oxygen atoms in total. The van der Waals surface area contributed by atoms with Gasteiger partial charge in [-0.2, -0.15) is 0 Å². The molecule has 1 atom stereocenters. The lowest BCUT2D eigenvalue weighted by Crippen LogP contribution is -2.22. The van der Waals surface area contributed by atoms with Crippen molar-refractivity contribution in [1.82, 2.24) is 0 Å². The fourth-order valence-corrected chi connectivity index (χ4v) is 11.3. The third-order valence-electron chi connectivity index (χ3n) is 14.7. The largest absolute Gasteiger partial charge is 0.309 e. The molecule has 1 heteroatoms. The lowest BCUT2D eigenvalue weighted by atomic mass is 9.74. The van der Waals surface area contributed by atoms with Crippen LogP contribution in [0.2, 0.25) is 0 Å². The van der Waals surface area contributed by atoms with Gasteiger partial charge in [0.1, 0.15) is 0 Å². The molecule has 1 saturated carbocycles. The van der Waals surface area contributed by atoms with Crippen molar-refractivity contribution in [1.29, 1.82) is 0 Å². The summed E-state index contributed by atoms with van der Waals surface area (Å²) in [7, 11) is 0. The fraction of sp³-hybridized carbons (Fsp3) is 0.188. The topological polar surface area (TPSA) is 3.24 Å². The molecule has 2 aliphatic carbocycles. The second-order valence-electron chi connectivity index (χ2n) is 19.6. The Kier molecular flexibility index (Phi) is 10.4. The molecule has 2 aliphatic rings. The second-order valence-corrected chi connectivity index (χ2v) is 19.6. The Balaban J connectivity index is 1.18. The molecule has 0 bridgehead atoms. The molecule has 1 fully saturated rings. The first-order valence-electron chi connectivity index (χ1n) is 23.8. The lowest BCUT2D eigenvalue weighted by molar-refractivity contribution is 0.445. The van der Waals surface area contributed by atoms with Crippen LogP contribution in [-0.2, 0) is 10.8 Å². The van der Waals surface area contributed by atoms with E-state index in [1.807, 2.05) is 0 Å². The number of para-hydroxylation sites is 2. The summed E-state index contributed by atoms with van der Waals surface area (Å²) in [6.07, 6.45) is 6.45. The minimum atomic E-state index is -0.307. The first kappa shape index (κ1) is 40.8. The maximum atomic E-state index is 2.58. The van der Waals surface area contributed by atoms with Crippen LogP contribution in [0.15, 0.2) is 206 Å². The van der Waals surface area contributed by atoms with Crippen molar-refractivity contribution in [2.45, 2.75) is 76.5 Å². The molecule has 0 spiro atoms. The van der Waals surface area contributed by atoms with Gasteiger partial charge in [0.05, 0.1) is 17.1 Å². The SMILES string of the molecule is CC(C)(C)c1ccc(N(c2ccccc2-c2ccc3c(c2)C(C)(c2ccccc2)c2ccccc2-3)c2ccccc2-c2cccc3cccc(C4CCCCC4)c23)c(-c2ccccc2)c1. The van der Waals surface area contributed by atoms with E-state index in [1.165, 1.54) is 115 Å². The summed E-state index contributed by atoms with van der Waals surface area (Å²) < 4.78 is 0. The van der Waals surface area contributed by atoms with Gasteiger partial charge in [-0.25, -0.2) is 0 Å². The number of fused-ring (bicyclic) bond motifs is 4. The van der Waals surface area contributed by atoms with Crippen molar-refractivity contribution < 1.29 is 0 Å². The monoisotopic (exact) mass is 839 g/mol. The van der Waals surface area contributed by atoms with Crippen molar-refractivity contribution in [3.05, 3.63) is 234 Å². The van der Waals surface area contributed by atoms with Gasteiger partial charge < -0.3 is 4.90 Å². The molecular weight excluding hydrogens is 783 g/mol. The second kappa shape index (κ2) is 16.5. The molecule has 0 aromatic heterocycles. The Morgan fingerprint density at radius 1 is 0.431 bits per heavy atom. The highest BCUT2D eigenvalue weighted by molar-refractivity contribution is 6.05. The average Bonchev–Trinajstić information content (AvgIpc) is 3.62. The van der Waals surface area contributed by atoms with Crippen LogP contribution in [-0.4, -0.2) is 0 Å². The van der Waals surface area contributed by atoms with Gasteiger partial charge in [0.15, 0.2) is 0 Å². The standard InChI is InChI=1S/C64H57N/c1-63(2,3)49-39-41-61(56(43-49)45-24-10-6-11-25-45)65(60-37-19-16-32-54(60)55-34-21-27-46-26-20-33-51(62(46)55)44-22-8-5-9-23-44)59-36-18-15-30-50(59)47-38-40-53-52-31-14-17-35-57(52)64(4,58(53)42-47)48-28-12-7-13-29-48/h6-7,10-21,24-44H,5,8-9,22-23H2,1-4H3. The summed E-state index contributed by atoms with van der Waals surface area (Å²) in [5, 5.41) is 2.71. The lowest BCUT2D eigenvalue weighted by Gasteiger charge is -2.33. The van der Waals surface area contributed by atoms with Crippen molar-refractivity contribution >= 4 is 27.8 Å². The summed E-state index contributed by atoms with van der Waals surface area (Å²) in [6, 6.07) is 77.8. The highest BCUT2D eigenvalue weighted by atomic mass is 15.1. The van der Waals surface area contributed by atoms with E-state index < -0.39 is 0 Å². The molecule has 1 unspecified atom stereocenters. The van der Waals surface area contributed by atoms with E-state index in [0.717, 1.165) is 17.1 Å². The third kappa shape index (κ3) is 7.10. The highest BCUT2D eigenvalue weighted by Crippen LogP contribution is 2.55. The maximum Gasteiger partial charge on any atom is 0.0540 e. The zero-order valence-electron chi connectivity index (χ0n) is 38.2. The Labute approximate surface area is 386 Å². The van der Waals surface area contributed by atoms with E-state index in [1.54, 1.807) is 0 Å². The van der Waals surface area contributed by atoms with Gasteiger partial charge >= 0.3 is 0 Å². The predicted molar refractivity (Wildman–Crippen MR) is 277 cm³/mol. The van der Waals surface area contributed by atoms with Gasteiger partial charge in [0.25, 0.3) is 0 Å². The summed E-state index contributed by atoms with van der Waals surface area (Å²) in [4.78, 5) is 2.58. The summed E-state index contributed by atoms with van der Waals surface area (Å²) in [6.45, 7) is 9.37. The van der Waals surface area contributed by atoms with Crippen molar-refractivity contribution in [2.75, 3.05) is 4.90 Å². The van der Waals surface area contributed by atoms with Crippen LogP contribution in [0.1, 0.15) is 93.5 Å². The first-order valence-corrected chi connectivity index (χ1v) is 23.8. The van der Waals surface area contributed by atoms with Crippen LogP contribution in [0.3, 0.4) is 0 Å². The molecule has 318 valence electrons. The van der Waals surface area contributed by atoms with Crippen LogP contribution < -0.4 is 4.90 Å². The summed E-state index contributed by atoms with van der Waals surface area (Å²) >= 11 is 0. The fourth-order valence-electron chi connectivity index (χ4n) is 11.3. The average molecular weight is 840 g/mol. The van der Waals surface area contributed by atoms with Crippen LogP contribution in [0, 0.1) is 0 Å². The zero-order chi connectivity index (χ0) is 44.1. The van der Waals surface area contributed by atoms with E-state index >= 15 is 0 Å². The van der Waals surface area contributed by atoms with E-state index in [4.69, 9.17) is 0 Å². The normalized spacial score (nSPS) is 16.0. The summed E-state index contributed by atoms with van der Waals surface area (Å²) in [5.41, 5.74) is 19.9. The van der Waals surface area contributed by atoms with Crippen LogP contribution in [0.25, 0.3) is 55.3 Å². The number of hydrogen-bond donors (Lipinski definition) is 0. The first-order chi connectivity index (χ1) is 31.8. The molecule has 0 N–H and O–H groups in total. The van der Waals surface area contributed by atoms with E-state index in [9.17, 15) is 0 Å². The quantitative estimate of drug-likeness (QED) is 0.147. The van der Waals surface area contributed by atoms with Crippen molar-refractivity contribution in [3.63, 3.8) is 0 Å². The number of anilines is 3. The van der Waals surface area contributed by atoms with Crippen molar-refractivity contribution in [2.24, 2.45) is 0 Å². The van der Waals surface area contributed by atoms with Crippen LogP contribution >= 0.6 is 0 Å². The Morgan fingerprint density at radius 2 is 1.02 bits per heavy atom. The van der Waals surface area contributed by atoms with Crippen LogP contribution in [0.4, 0.5) is 17.1 Å². The Bertz CT molecular complexity index is 3180. The minimum absolute atomic E-state index is 0.0332. The minimum Gasteiger partial charge on any atom is -0.309 e. The number of benzene rings is 9.